The smallest absolute Gasteiger partial charge is 0.174 e. The topological polar surface area (TPSA) is 51.8 Å². The molecule has 0 spiro atoms. The van der Waals surface area contributed by atoms with Crippen molar-refractivity contribution in [3.05, 3.63) is 34.1 Å². The van der Waals surface area contributed by atoms with Gasteiger partial charge in [-0.25, -0.2) is 4.98 Å². The van der Waals surface area contributed by atoms with Gasteiger partial charge in [-0.2, -0.15) is 4.37 Å². The van der Waals surface area contributed by atoms with Gasteiger partial charge in [-0.3, -0.25) is 0 Å². The van der Waals surface area contributed by atoms with Crippen molar-refractivity contribution < 1.29 is 0 Å². The lowest BCUT2D eigenvalue weighted by Gasteiger charge is -2.11. The number of rotatable bonds is 3. The number of aromatic nitrogens is 2. The molecule has 0 amide bonds. The van der Waals surface area contributed by atoms with Gasteiger partial charge in [0.05, 0.1) is 0 Å². The van der Waals surface area contributed by atoms with Crippen molar-refractivity contribution in [1.82, 2.24) is 9.36 Å². The van der Waals surface area contributed by atoms with E-state index in [-0.39, 0.29) is 6.04 Å². The van der Waals surface area contributed by atoms with E-state index in [0.29, 0.717) is 0 Å². The lowest BCUT2D eigenvalue weighted by atomic mass is 10.1. The monoisotopic (exact) mass is 329 g/mol. The molecule has 0 saturated heterocycles. The third-order valence-electron chi connectivity index (χ3n) is 2.17. The molecule has 1 unspecified atom stereocenters. The average molecular weight is 330 g/mol. The zero-order valence-electron chi connectivity index (χ0n) is 9.48. The Labute approximate surface area is 117 Å². The Balaban J connectivity index is 2.33. The van der Waals surface area contributed by atoms with Crippen molar-refractivity contribution in [3.63, 3.8) is 0 Å². The highest BCUT2D eigenvalue weighted by molar-refractivity contribution is 9.10. The van der Waals surface area contributed by atoms with Gasteiger partial charge in [-0.15, -0.1) is 0 Å². The highest BCUT2D eigenvalue weighted by Gasteiger charge is 2.11. The predicted molar refractivity (Wildman–Crippen MR) is 75.5 cm³/mol. The summed E-state index contributed by atoms with van der Waals surface area (Å²) in [6.07, 6.45) is 0. The number of aryl methyl sites for hydroxylation is 1. The minimum Gasteiger partial charge on any atom is -0.324 e. The fraction of sp³-hybridized carbons (Fsp3) is 0.273. The van der Waals surface area contributed by atoms with Crippen LogP contribution in [-0.4, -0.2) is 9.36 Å². The minimum atomic E-state index is 0.0135. The molecule has 1 atom stereocenters. The van der Waals surface area contributed by atoms with Crippen molar-refractivity contribution in [3.8, 4) is 0 Å². The van der Waals surface area contributed by atoms with Crippen LogP contribution in [0.4, 0.5) is 0 Å². The molecular weight excluding hydrogens is 318 g/mol. The van der Waals surface area contributed by atoms with Crippen LogP contribution in [0.15, 0.2) is 31.9 Å². The van der Waals surface area contributed by atoms with Gasteiger partial charge in [0.25, 0.3) is 0 Å². The molecule has 3 nitrogen and oxygen atoms in total. The summed E-state index contributed by atoms with van der Waals surface area (Å²) in [4.78, 5) is 5.48. The molecule has 6 heteroatoms. The zero-order chi connectivity index (χ0) is 12.4. The van der Waals surface area contributed by atoms with Crippen LogP contribution in [0.5, 0.6) is 0 Å². The van der Waals surface area contributed by atoms with Crippen LogP contribution in [0.1, 0.15) is 24.4 Å². The Morgan fingerprint density at radius 1 is 1.47 bits per heavy atom. The van der Waals surface area contributed by atoms with Crippen LogP contribution in [0.2, 0.25) is 0 Å². The zero-order valence-corrected chi connectivity index (χ0v) is 12.7. The van der Waals surface area contributed by atoms with E-state index in [9.17, 15) is 0 Å². The van der Waals surface area contributed by atoms with Crippen molar-refractivity contribution >= 4 is 39.2 Å². The van der Waals surface area contributed by atoms with E-state index < -0.39 is 0 Å². The molecular formula is C11H12BrN3S2. The standard InChI is InChI=1S/C11H12BrN3S2/c1-6(13)9-4-3-8(12)5-10(9)16-11-14-7(2)15-17-11/h3-6H,13H2,1-2H3. The molecule has 0 aliphatic carbocycles. The molecule has 2 aromatic rings. The summed E-state index contributed by atoms with van der Waals surface area (Å²) in [5, 5.41) is 0. The first-order valence-corrected chi connectivity index (χ1v) is 7.48. The van der Waals surface area contributed by atoms with Crippen molar-refractivity contribution in [1.29, 1.82) is 0 Å². The molecule has 1 heterocycles. The lowest BCUT2D eigenvalue weighted by Crippen LogP contribution is -2.06. The Morgan fingerprint density at radius 3 is 2.82 bits per heavy atom. The molecule has 2 N–H and O–H groups in total. The fourth-order valence-corrected chi connectivity index (χ4v) is 3.78. The van der Waals surface area contributed by atoms with Crippen LogP contribution in [-0.2, 0) is 0 Å². The number of nitrogens with zero attached hydrogens (tertiary/aromatic N) is 2. The van der Waals surface area contributed by atoms with Gasteiger partial charge in [-0.1, -0.05) is 33.8 Å². The maximum atomic E-state index is 5.96. The van der Waals surface area contributed by atoms with E-state index >= 15 is 0 Å². The number of hydrogen-bond donors (Lipinski definition) is 1. The molecule has 17 heavy (non-hydrogen) atoms. The van der Waals surface area contributed by atoms with E-state index in [1.807, 2.05) is 26.0 Å². The summed E-state index contributed by atoms with van der Waals surface area (Å²) in [6.45, 7) is 3.88. The summed E-state index contributed by atoms with van der Waals surface area (Å²) < 4.78 is 6.17. The Bertz CT molecular complexity index is 525. The van der Waals surface area contributed by atoms with Crippen LogP contribution in [0, 0.1) is 6.92 Å². The summed E-state index contributed by atoms with van der Waals surface area (Å²) in [7, 11) is 0. The first-order valence-electron chi connectivity index (χ1n) is 5.09. The average Bonchev–Trinajstić information content (AvgIpc) is 2.63. The van der Waals surface area contributed by atoms with E-state index in [1.54, 1.807) is 11.8 Å². The lowest BCUT2D eigenvalue weighted by molar-refractivity contribution is 0.797. The van der Waals surface area contributed by atoms with Gasteiger partial charge in [0.1, 0.15) is 5.82 Å². The molecule has 90 valence electrons. The molecule has 0 radical (unpaired) electrons. The molecule has 0 bridgehead atoms. The van der Waals surface area contributed by atoms with Crippen molar-refractivity contribution in [2.45, 2.75) is 29.1 Å². The van der Waals surface area contributed by atoms with Crippen LogP contribution >= 0.6 is 39.2 Å². The summed E-state index contributed by atoms with van der Waals surface area (Å²) in [5.74, 6) is 0.815. The normalized spacial score (nSPS) is 12.7. The molecule has 0 aliphatic rings. The largest absolute Gasteiger partial charge is 0.324 e. The number of benzene rings is 1. The van der Waals surface area contributed by atoms with Crippen molar-refractivity contribution in [2.24, 2.45) is 5.73 Å². The second-order valence-corrected chi connectivity index (χ2v) is 6.64. The van der Waals surface area contributed by atoms with Gasteiger partial charge in [0, 0.05) is 15.4 Å². The summed E-state index contributed by atoms with van der Waals surface area (Å²) in [5.41, 5.74) is 7.09. The molecule has 0 aliphatic heterocycles. The van der Waals surface area contributed by atoms with Gasteiger partial charge >= 0.3 is 0 Å². The maximum absolute atomic E-state index is 5.96. The molecule has 1 aromatic heterocycles. The highest BCUT2D eigenvalue weighted by Crippen LogP contribution is 2.35. The quantitative estimate of drug-likeness (QED) is 0.930. The first kappa shape index (κ1) is 13.0. The Morgan fingerprint density at radius 2 is 2.24 bits per heavy atom. The van der Waals surface area contributed by atoms with Gasteiger partial charge in [0.2, 0.25) is 0 Å². The maximum Gasteiger partial charge on any atom is 0.174 e. The second-order valence-electron chi connectivity index (χ2n) is 3.68. The number of nitrogens with two attached hydrogens (primary N) is 1. The van der Waals surface area contributed by atoms with Gasteiger partial charge in [-0.05, 0) is 43.1 Å². The molecule has 0 saturated carbocycles. The Kier molecular flexibility index (Phi) is 4.19. The third-order valence-corrected chi connectivity index (χ3v) is 4.58. The fourth-order valence-electron chi connectivity index (χ4n) is 1.39. The van der Waals surface area contributed by atoms with E-state index in [2.05, 4.69) is 31.4 Å². The van der Waals surface area contributed by atoms with Gasteiger partial charge in [0.15, 0.2) is 4.34 Å². The van der Waals surface area contributed by atoms with Crippen LogP contribution in [0.25, 0.3) is 0 Å². The van der Waals surface area contributed by atoms with Gasteiger partial charge < -0.3 is 5.73 Å². The molecule has 2 rings (SSSR count). The number of halogens is 1. The second kappa shape index (κ2) is 5.48. The predicted octanol–water partition coefficient (Wildman–Crippen LogP) is 3.78. The summed E-state index contributed by atoms with van der Waals surface area (Å²) >= 11 is 6.51. The van der Waals surface area contributed by atoms with E-state index in [1.165, 1.54) is 11.5 Å². The van der Waals surface area contributed by atoms with Crippen LogP contribution < -0.4 is 5.73 Å². The minimum absolute atomic E-state index is 0.0135. The van der Waals surface area contributed by atoms with E-state index in [4.69, 9.17) is 5.73 Å². The highest BCUT2D eigenvalue weighted by atomic mass is 79.9. The van der Waals surface area contributed by atoms with Crippen LogP contribution in [0.3, 0.4) is 0 Å². The van der Waals surface area contributed by atoms with E-state index in [0.717, 1.165) is 25.1 Å². The Hall–Kier alpha value is -0.430. The van der Waals surface area contributed by atoms with Crippen molar-refractivity contribution in [2.75, 3.05) is 0 Å². The molecule has 0 fully saturated rings. The first-order chi connectivity index (χ1) is 8.06. The SMILES string of the molecule is Cc1nsc(Sc2cc(Br)ccc2C(C)N)n1. The number of hydrogen-bond acceptors (Lipinski definition) is 5. The summed E-state index contributed by atoms with van der Waals surface area (Å²) in [6, 6.07) is 6.14. The molecule has 1 aromatic carbocycles. The third kappa shape index (κ3) is 3.28.